The van der Waals surface area contributed by atoms with E-state index in [1.54, 1.807) is 0 Å². The van der Waals surface area contributed by atoms with E-state index in [-0.39, 0.29) is 0 Å². The topological polar surface area (TPSA) is 9.23 Å². The maximum Gasteiger partial charge on any atom is 0.119 e. The summed E-state index contributed by atoms with van der Waals surface area (Å²) in [7, 11) is 0. The van der Waals surface area contributed by atoms with Gasteiger partial charge < -0.3 is 4.74 Å². The van der Waals surface area contributed by atoms with Gasteiger partial charge in [-0.1, -0.05) is 69.4 Å². The summed E-state index contributed by atoms with van der Waals surface area (Å²) in [6, 6.07) is 16.9. The number of rotatable bonds is 9. The average Bonchev–Trinajstić information content (AvgIpc) is 2.55. The van der Waals surface area contributed by atoms with Crippen molar-refractivity contribution in [2.75, 3.05) is 6.61 Å². The fraction of sp³-hybridized carbons (Fsp3) is 0.400. The number of ether oxygens (including phenoxy) is 1. The first-order chi connectivity index (χ1) is 10.8. The molecule has 0 radical (unpaired) electrons. The third kappa shape index (κ3) is 5.64. The summed E-state index contributed by atoms with van der Waals surface area (Å²) in [5.41, 5.74) is 2.53. The molecule has 0 N–H and O–H groups in total. The predicted molar refractivity (Wildman–Crippen MR) is 103 cm³/mol. The van der Waals surface area contributed by atoms with Crippen molar-refractivity contribution < 1.29 is 4.74 Å². The van der Waals surface area contributed by atoms with Gasteiger partial charge in [-0.3, -0.25) is 0 Å². The normalized spacial score (nSPS) is 10.6. The molecule has 0 saturated carbocycles. The van der Waals surface area contributed by atoms with E-state index in [2.05, 4.69) is 78.0 Å². The third-order valence-corrected chi connectivity index (χ3v) is 4.75. The number of halogens is 1. The Morgan fingerprint density at radius 2 is 1.50 bits per heavy atom. The molecular formula is C20H25IO. The Labute approximate surface area is 148 Å². The van der Waals surface area contributed by atoms with Gasteiger partial charge in [-0.2, -0.15) is 0 Å². The molecule has 0 fully saturated rings. The van der Waals surface area contributed by atoms with Gasteiger partial charge in [0, 0.05) is 3.57 Å². The van der Waals surface area contributed by atoms with Gasteiger partial charge in [0.05, 0.1) is 6.61 Å². The fourth-order valence-corrected chi connectivity index (χ4v) is 3.20. The minimum absolute atomic E-state index is 0.828. The Kier molecular flexibility index (Phi) is 7.78. The monoisotopic (exact) mass is 408 g/mol. The van der Waals surface area contributed by atoms with Crippen LogP contribution in [0.4, 0.5) is 0 Å². The molecule has 118 valence electrons. The molecule has 0 aliphatic rings. The van der Waals surface area contributed by atoms with E-state index in [1.807, 2.05) is 0 Å². The number of benzene rings is 2. The van der Waals surface area contributed by atoms with Gasteiger partial charge in [0.2, 0.25) is 0 Å². The molecule has 0 aliphatic carbocycles. The lowest BCUT2D eigenvalue weighted by Crippen LogP contribution is -1.97. The molecule has 0 spiro atoms. The molecule has 2 heteroatoms. The lowest BCUT2D eigenvalue weighted by Gasteiger charge is -2.08. The maximum atomic E-state index is 5.83. The summed E-state index contributed by atoms with van der Waals surface area (Å²) in [6.45, 7) is 3.08. The Morgan fingerprint density at radius 1 is 0.818 bits per heavy atom. The molecule has 0 aliphatic heterocycles. The van der Waals surface area contributed by atoms with Crippen LogP contribution in [0.2, 0.25) is 0 Å². The van der Waals surface area contributed by atoms with E-state index in [4.69, 9.17) is 4.74 Å². The molecule has 0 atom stereocenters. The molecule has 22 heavy (non-hydrogen) atoms. The van der Waals surface area contributed by atoms with Crippen molar-refractivity contribution in [3.63, 3.8) is 0 Å². The molecule has 0 heterocycles. The van der Waals surface area contributed by atoms with Crippen LogP contribution in [0, 0.1) is 3.57 Å². The van der Waals surface area contributed by atoms with Crippen LogP contribution in [-0.4, -0.2) is 6.61 Å². The predicted octanol–water partition coefficient (Wildman–Crippen LogP) is 6.70. The van der Waals surface area contributed by atoms with Crippen LogP contribution < -0.4 is 4.74 Å². The largest absolute Gasteiger partial charge is 0.494 e. The number of unbranched alkanes of at least 4 members (excludes halogenated alkanes) is 5. The number of hydrogen-bond donors (Lipinski definition) is 0. The summed E-state index contributed by atoms with van der Waals surface area (Å²) in [4.78, 5) is 0. The van der Waals surface area contributed by atoms with E-state index in [0.29, 0.717) is 0 Å². The van der Waals surface area contributed by atoms with Gasteiger partial charge in [0.1, 0.15) is 5.75 Å². The van der Waals surface area contributed by atoms with Crippen molar-refractivity contribution in [2.45, 2.75) is 45.4 Å². The van der Waals surface area contributed by atoms with Gasteiger partial charge in [-0.05, 0) is 58.3 Å². The van der Waals surface area contributed by atoms with Gasteiger partial charge >= 0.3 is 0 Å². The van der Waals surface area contributed by atoms with Crippen molar-refractivity contribution in [2.24, 2.45) is 0 Å². The van der Waals surface area contributed by atoms with Crippen LogP contribution in [0.1, 0.15) is 45.4 Å². The smallest absolute Gasteiger partial charge is 0.119 e. The molecule has 0 saturated heterocycles. The quantitative estimate of drug-likeness (QED) is 0.332. The highest BCUT2D eigenvalue weighted by Crippen LogP contribution is 2.26. The van der Waals surface area contributed by atoms with E-state index in [1.165, 1.54) is 46.8 Å². The highest BCUT2D eigenvalue weighted by molar-refractivity contribution is 14.1. The second-order valence-corrected chi connectivity index (χ2v) is 6.78. The van der Waals surface area contributed by atoms with Crippen molar-refractivity contribution in [1.82, 2.24) is 0 Å². The summed E-state index contributed by atoms with van der Waals surface area (Å²) in [6.07, 6.45) is 7.80. The van der Waals surface area contributed by atoms with Crippen LogP contribution >= 0.6 is 22.6 Å². The Bertz CT molecular complexity index is 548. The summed E-state index contributed by atoms with van der Waals surface area (Å²) < 4.78 is 7.11. The Morgan fingerprint density at radius 3 is 2.23 bits per heavy atom. The fourth-order valence-electron chi connectivity index (χ4n) is 2.50. The van der Waals surface area contributed by atoms with Gasteiger partial charge in [-0.15, -0.1) is 0 Å². The van der Waals surface area contributed by atoms with E-state index in [9.17, 15) is 0 Å². The minimum atomic E-state index is 0.828. The molecule has 2 rings (SSSR count). The second kappa shape index (κ2) is 9.88. The molecule has 1 nitrogen and oxygen atoms in total. The van der Waals surface area contributed by atoms with Crippen LogP contribution in [-0.2, 0) is 0 Å². The zero-order valence-corrected chi connectivity index (χ0v) is 15.5. The van der Waals surface area contributed by atoms with E-state index >= 15 is 0 Å². The lowest BCUT2D eigenvalue weighted by atomic mass is 10.1. The Balaban J connectivity index is 1.77. The SMILES string of the molecule is CCCCCCCCOc1ccc(-c2ccccc2I)cc1. The molecule has 0 unspecified atom stereocenters. The first-order valence-electron chi connectivity index (χ1n) is 8.29. The molecular weight excluding hydrogens is 383 g/mol. The lowest BCUT2D eigenvalue weighted by molar-refractivity contribution is 0.304. The minimum Gasteiger partial charge on any atom is -0.494 e. The van der Waals surface area contributed by atoms with Crippen LogP contribution in [0.15, 0.2) is 48.5 Å². The van der Waals surface area contributed by atoms with Gasteiger partial charge in [0.15, 0.2) is 0 Å². The summed E-state index contributed by atoms with van der Waals surface area (Å²) >= 11 is 2.38. The van der Waals surface area contributed by atoms with Crippen LogP contribution in [0.3, 0.4) is 0 Å². The zero-order valence-electron chi connectivity index (χ0n) is 13.4. The van der Waals surface area contributed by atoms with Gasteiger partial charge in [-0.25, -0.2) is 0 Å². The Hall–Kier alpha value is -1.03. The highest BCUT2D eigenvalue weighted by Gasteiger charge is 2.02. The molecule has 2 aromatic carbocycles. The zero-order chi connectivity index (χ0) is 15.6. The van der Waals surface area contributed by atoms with Crippen molar-refractivity contribution >= 4 is 22.6 Å². The van der Waals surface area contributed by atoms with Crippen molar-refractivity contribution in [1.29, 1.82) is 0 Å². The number of hydrogen-bond acceptors (Lipinski definition) is 1. The second-order valence-electron chi connectivity index (χ2n) is 5.62. The first kappa shape index (κ1) is 17.3. The van der Waals surface area contributed by atoms with Crippen LogP contribution in [0.25, 0.3) is 11.1 Å². The molecule has 0 bridgehead atoms. The van der Waals surface area contributed by atoms with E-state index < -0.39 is 0 Å². The van der Waals surface area contributed by atoms with Gasteiger partial charge in [0.25, 0.3) is 0 Å². The highest BCUT2D eigenvalue weighted by atomic mass is 127. The summed E-state index contributed by atoms with van der Waals surface area (Å²) in [5.74, 6) is 0.975. The maximum absolute atomic E-state index is 5.83. The average molecular weight is 408 g/mol. The molecule has 0 amide bonds. The summed E-state index contributed by atoms with van der Waals surface area (Å²) in [5, 5.41) is 0. The molecule has 2 aromatic rings. The van der Waals surface area contributed by atoms with Crippen molar-refractivity contribution in [3.8, 4) is 16.9 Å². The standard InChI is InChI=1S/C20H25IO/c1-2-3-4-5-6-9-16-22-18-14-12-17(13-15-18)19-10-7-8-11-20(19)21/h7-8,10-15H,2-6,9,16H2,1H3. The van der Waals surface area contributed by atoms with Crippen LogP contribution in [0.5, 0.6) is 5.75 Å². The van der Waals surface area contributed by atoms with Crippen molar-refractivity contribution in [3.05, 3.63) is 52.1 Å². The van der Waals surface area contributed by atoms with E-state index in [0.717, 1.165) is 18.8 Å². The first-order valence-corrected chi connectivity index (χ1v) is 9.37. The molecule has 0 aromatic heterocycles. The third-order valence-electron chi connectivity index (χ3n) is 3.81.